The summed E-state index contributed by atoms with van der Waals surface area (Å²) in [5.41, 5.74) is 0.644. The first kappa shape index (κ1) is 20.4. The lowest BCUT2D eigenvalue weighted by atomic mass is 9.96. The maximum absolute atomic E-state index is 13.0. The van der Waals surface area contributed by atoms with Crippen LogP contribution in [0.4, 0.5) is 0 Å². The molecule has 0 radical (unpaired) electrons. The minimum Gasteiger partial charge on any atom is -0.491 e. The van der Waals surface area contributed by atoms with Crippen molar-refractivity contribution < 1.29 is 14.6 Å². The molecular formula is C22H31N3O3. The van der Waals surface area contributed by atoms with E-state index in [-0.39, 0.29) is 12.5 Å². The van der Waals surface area contributed by atoms with Crippen molar-refractivity contribution in [1.29, 1.82) is 0 Å². The van der Waals surface area contributed by atoms with E-state index in [1.807, 2.05) is 48.3 Å². The van der Waals surface area contributed by atoms with Gasteiger partial charge in [0.25, 0.3) is 5.91 Å². The summed E-state index contributed by atoms with van der Waals surface area (Å²) in [7, 11) is 1.82. The van der Waals surface area contributed by atoms with E-state index in [0.29, 0.717) is 37.5 Å². The number of benzene rings is 1. The molecule has 0 bridgehead atoms. The van der Waals surface area contributed by atoms with Crippen LogP contribution in [0.1, 0.15) is 49.3 Å². The molecule has 1 fully saturated rings. The number of amides is 1. The van der Waals surface area contributed by atoms with Gasteiger partial charge in [-0.05, 0) is 49.8 Å². The summed E-state index contributed by atoms with van der Waals surface area (Å²) in [6, 6.07) is 11.4. The van der Waals surface area contributed by atoms with E-state index in [2.05, 4.69) is 18.9 Å². The van der Waals surface area contributed by atoms with Crippen molar-refractivity contribution in [2.45, 2.75) is 45.1 Å². The predicted octanol–water partition coefficient (Wildman–Crippen LogP) is 3.05. The summed E-state index contributed by atoms with van der Waals surface area (Å²) in [6.45, 7) is 5.67. The SMILES string of the molecule is CC(C)Cc1cc(C(=O)N2CCCC(O)(COc3ccccc3)CC2)n(C)n1. The maximum atomic E-state index is 13.0. The number of para-hydroxylation sites is 1. The van der Waals surface area contributed by atoms with Crippen LogP contribution in [0.3, 0.4) is 0 Å². The average molecular weight is 386 g/mol. The normalized spacial score (nSPS) is 20.2. The van der Waals surface area contributed by atoms with Gasteiger partial charge in [0.1, 0.15) is 23.7 Å². The number of ether oxygens (including phenoxy) is 1. The zero-order valence-corrected chi connectivity index (χ0v) is 17.1. The van der Waals surface area contributed by atoms with E-state index in [4.69, 9.17) is 4.74 Å². The number of hydrogen-bond donors (Lipinski definition) is 1. The monoisotopic (exact) mass is 385 g/mol. The number of aromatic nitrogens is 2. The van der Waals surface area contributed by atoms with Crippen LogP contribution >= 0.6 is 0 Å². The third-order valence-corrected chi connectivity index (χ3v) is 5.22. The van der Waals surface area contributed by atoms with Crippen LogP contribution < -0.4 is 4.74 Å². The summed E-state index contributed by atoms with van der Waals surface area (Å²) in [5, 5.41) is 15.4. The number of nitrogens with zero attached hydrogens (tertiary/aromatic N) is 3. The number of hydrogen-bond acceptors (Lipinski definition) is 4. The topological polar surface area (TPSA) is 67.6 Å². The lowest BCUT2D eigenvalue weighted by Gasteiger charge is -2.27. The standard InChI is InChI=1S/C22H31N3O3/c1-17(2)14-18-15-20(24(3)23-18)21(26)25-12-7-10-22(27,11-13-25)16-28-19-8-5-4-6-9-19/h4-6,8-9,15,17,27H,7,10-14,16H2,1-3H3. The molecule has 3 rings (SSSR count). The van der Waals surface area contributed by atoms with Gasteiger partial charge in [0.15, 0.2) is 0 Å². The smallest absolute Gasteiger partial charge is 0.272 e. The zero-order chi connectivity index (χ0) is 20.1. The van der Waals surface area contributed by atoms with E-state index >= 15 is 0 Å². The fraction of sp³-hybridized carbons (Fsp3) is 0.545. The van der Waals surface area contributed by atoms with E-state index in [1.165, 1.54) is 0 Å². The molecule has 1 amide bonds. The third-order valence-electron chi connectivity index (χ3n) is 5.22. The molecule has 6 heteroatoms. The number of aryl methyl sites for hydroxylation is 1. The van der Waals surface area contributed by atoms with Crippen LogP contribution in [0.15, 0.2) is 36.4 Å². The molecular weight excluding hydrogens is 354 g/mol. The molecule has 1 aliphatic rings. The number of carbonyl (C=O) groups is 1. The van der Waals surface area contributed by atoms with Crippen molar-refractivity contribution in [3.63, 3.8) is 0 Å². The summed E-state index contributed by atoms with van der Waals surface area (Å²) in [6.07, 6.45) is 2.73. The molecule has 2 heterocycles. The second kappa shape index (κ2) is 8.78. The Hall–Kier alpha value is -2.34. The molecule has 6 nitrogen and oxygen atoms in total. The number of rotatable bonds is 6. The van der Waals surface area contributed by atoms with E-state index in [0.717, 1.165) is 24.3 Å². The Labute approximate surface area is 167 Å². The van der Waals surface area contributed by atoms with E-state index < -0.39 is 5.60 Å². The molecule has 2 aromatic rings. The molecule has 1 aromatic heterocycles. The van der Waals surface area contributed by atoms with Crippen molar-refractivity contribution in [2.75, 3.05) is 19.7 Å². The Morgan fingerprint density at radius 1 is 1.25 bits per heavy atom. The Morgan fingerprint density at radius 3 is 2.71 bits per heavy atom. The van der Waals surface area contributed by atoms with Gasteiger partial charge in [-0.3, -0.25) is 9.48 Å². The maximum Gasteiger partial charge on any atom is 0.272 e. The minimum atomic E-state index is -0.917. The van der Waals surface area contributed by atoms with Crippen molar-refractivity contribution in [1.82, 2.24) is 14.7 Å². The average Bonchev–Trinajstić information content (AvgIpc) is 2.90. The summed E-state index contributed by atoms with van der Waals surface area (Å²) in [5.74, 6) is 1.23. The molecule has 1 N–H and O–H groups in total. The van der Waals surface area contributed by atoms with Crippen molar-refractivity contribution in [3.8, 4) is 5.75 Å². The fourth-order valence-electron chi connectivity index (χ4n) is 3.67. The first-order valence-corrected chi connectivity index (χ1v) is 10.1. The van der Waals surface area contributed by atoms with Crippen molar-refractivity contribution in [2.24, 2.45) is 13.0 Å². The molecule has 28 heavy (non-hydrogen) atoms. The van der Waals surface area contributed by atoms with Crippen LogP contribution in [-0.2, 0) is 13.5 Å². The van der Waals surface area contributed by atoms with Crippen molar-refractivity contribution >= 4 is 5.91 Å². The lowest BCUT2D eigenvalue weighted by molar-refractivity contribution is -0.0163. The molecule has 1 aliphatic heterocycles. The Balaban J connectivity index is 1.61. The molecule has 1 saturated heterocycles. The summed E-state index contributed by atoms with van der Waals surface area (Å²) < 4.78 is 7.45. The Morgan fingerprint density at radius 2 is 2.00 bits per heavy atom. The zero-order valence-electron chi connectivity index (χ0n) is 17.1. The van der Waals surface area contributed by atoms with Gasteiger partial charge in [-0.25, -0.2) is 0 Å². The third kappa shape index (κ3) is 5.13. The summed E-state index contributed by atoms with van der Waals surface area (Å²) in [4.78, 5) is 14.8. The van der Waals surface area contributed by atoms with Crippen LogP contribution in [0.5, 0.6) is 5.75 Å². The number of likely N-dealkylation sites (tertiary alicyclic amines) is 1. The van der Waals surface area contributed by atoms with Crippen molar-refractivity contribution in [3.05, 3.63) is 47.8 Å². The quantitative estimate of drug-likeness (QED) is 0.830. The second-order valence-corrected chi connectivity index (χ2v) is 8.21. The van der Waals surface area contributed by atoms with Gasteiger partial charge in [-0.15, -0.1) is 0 Å². The lowest BCUT2D eigenvalue weighted by Crippen LogP contribution is -2.38. The van der Waals surface area contributed by atoms with Gasteiger partial charge in [-0.2, -0.15) is 5.10 Å². The number of carbonyl (C=O) groups excluding carboxylic acids is 1. The highest BCUT2D eigenvalue weighted by molar-refractivity contribution is 5.92. The summed E-state index contributed by atoms with van der Waals surface area (Å²) >= 11 is 0. The van der Waals surface area contributed by atoms with E-state index in [1.54, 1.807) is 4.68 Å². The molecule has 1 unspecified atom stereocenters. The highest BCUT2D eigenvalue weighted by Crippen LogP contribution is 2.25. The highest BCUT2D eigenvalue weighted by atomic mass is 16.5. The molecule has 152 valence electrons. The molecule has 0 spiro atoms. The molecule has 1 aromatic carbocycles. The molecule has 0 saturated carbocycles. The first-order valence-electron chi connectivity index (χ1n) is 10.1. The van der Waals surface area contributed by atoms with Gasteiger partial charge in [0.05, 0.1) is 5.69 Å². The largest absolute Gasteiger partial charge is 0.491 e. The van der Waals surface area contributed by atoms with Crippen LogP contribution in [0.25, 0.3) is 0 Å². The first-order chi connectivity index (χ1) is 13.4. The van der Waals surface area contributed by atoms with Gasteiger partial charge in [-0.1, -0.05) is 32.0 Å². The minimum absolute atomic E-state index is 0.0155. The second-order valence-electron chi connectivity index (χ2n) is 8.21. The molecule has 1 atom stereocenters. The van der Waals surface area contributed by atoms with Gasteiger partial charge >= 0.3 is 0 Å². The number of aliphatic hydroxyl groups is 1. The fourth-order valence-corrected chi connectivity index (χ4v) is 3.67. The van der Waals surface area contributed by atoms with E-state index in [9.17, 15) is 9.90 Å². The van der Waals surface area contributed by atoms with Gasteiger partial charge in [0.2, 0.25) is 0 Å². The molecule has 0 aliphatic carbocycles. The van der Waals surface area contributed by atoms with Crippen LogP contribution in [0, 0.1) is 5.92 Å². The Kier molecular flexibility index (Phi) is 6.39. The predicted molar refractivity (Wildman–Crippen MR) is 108 cm³/mol. The van der Waals surface area contributed by atoms with Crippen LogP contribution in [-0.4, -0.2) is 51.0 Å². The van der Waals surface area contributed by atoms with Gasteiger partial charge < -0.3 is 14.7 Å². The highest BCUT2D eigenvalue weighted by Gasteiger charge is 2.33. The van der Waals surface area contributed by atoms with Crippen LogP contribution in [0.2, 0.25) is 0 Å². The Bertz CT molecular complexity index is 788. The van der Waals surface area contributed by atoms with Gasteiger partial charge in [0, 0.05) is 20.1 Å².